The van der Waals surface area contributed by atoms with Crippen molar-refractivity contribution in [1.29, 1.82) is 0 Å². The monoisotopic (exact) mass is 270 g/mol. The quantitative estimate of drug-likeness (QED) is 0.431. The Morgan fingerprint density at radius 1 is 1.17 bits per heavy atom. The van der Waals surface area contributed by atoms with Crippen LogP contribution >= 0.6 is 0 Å². The van der Waals surface area contributed by atoms with Gasteiger partial charge in [-0.05, 0) is 12.1 Å². The summed E-state index contributed by atoms with van der Waals surface area (Å²) in [7, 11) is 0.390. The number of carbonyl (C=O) groups is 1. The second-order valence-electron chi connectivity index (χ2n) is 3.50. The number of esters is 1. The summed E-state index contributed by atoms with van der Waals surface area (Å²) in [5, 5.41) is 0. The molecule has 0 amide bonds. The number of hydrogen-bond acceptors (Lipinski definition) is 5. The molecule has 5 nitrogen and oxygen atoms in total. The first kappa shape index (κ1) is 14.8. The average molecular weight is 270 g/mol. The van der Waals surface area contributed by atoms with E-state index >= 15 is 0 Å². The maximum atomic E-state index is 11.6. The highest BCUT2D eigenvalue weighted by Gasteiger charge is 2.37. The summed E-state index contributed by atoms with van der Waals surface area (Å²) in [5.74, 6) is -0.429. The van der Waals surface area contributed by atoms with E-state index in [9.17, 15) is 4.79 Å². The fourth-order valence-corrected chi connectivity index (χ4v) is 2.84. The van der Waals surface area contributed by atoms with Crippen LogP contribution in [0.3, 0.4) is 0 Å². The minimum Gasteiger partial charge on any atom is -0.436 e. The second kappa shape index (κ2) is 7.27. The van der Waals surface area contributed by atoms with Gasteiger partial charge in [-0.2, -0.15) is 0 Å². The van der Waals surface area contributed by atoms with Gasteiger partial charge in [0.1, 0.15) is 0 Å². The van der Waals surface area contributed by atoms with E-state index in [1.54, 1.807) is 24.3 Å². The minimum absolute atomic E-state index is 0.171. The van der Waals surface area contributed by atoms with Crippen LogP contribution in [0.25, 0.3) is 0 Å². The van der Waals surface area contributed by atoms with Crippen LogP contribution in [-0.4, -0.2) is 35.8 Å². The summed E-state index contributed by atoms with van der Waals surface area (Å²) in [6.45, 7) is 1.73. The third kappa shape index (κ3) is 3.92. The number of ether oxygens (including phenoxy) is 1. The normalized spacial score (nSPS) is 11.3. The third-order valence-corrected chi connectivity index (χ3v) is 5.20. The molecule has 1 aromatic rings. The number of benzene rings is 1. The first-order valence-corrected chi connectivity index (χ1v) is 7.57. The molecule has 0 saturated heterocycles. The molecule has 0 spiro atoms. The van der Waals surface area contributed by atoms with E-state index in [1.165, 1.54) is 14.2 Å². The van der Waals surface area contributed by atoms with Crippen LogP contribution in [0.15, 0.2) is 30.3 Å². The van der Waals surface area contributed by atoms with Crippen LogP contribution < -0.4 is 0 Å². The summed E-state index contributed by atoms with van der Waals surface area (Å²) in [4.78, 5) is 11.6. The molecule has 6 heteroatoms. The zero-order valence-corrected chi connectivity index (χ0v) is 11.8. The second-order valence-corrected chi connectivity index (χ2v) is 6.68. The molecule has 0 heterocycles. The fourth-order valence-electron chi connectivity index (χ4n) is 1.42. The highest BCUT2D eigenvalue weighted by Crippen LogP contribution is 2.13. The van der Waals surface area contributed by atoms with Gasteiger partial charge in [0.25, 0.3) is 0 Å². The Hall–Kier alpha value is -1.21. The van der Waals surface area contributed by atoms with Crippen molar-refractivity contribution < 1.29 is 22.8 Å². The molecular weight excluding hydrogens is 252 g/mol. The largest absolute Gasteiger partial charge is 0.502 e. The topological polar surface area (TPSA) is 54.0 Å². The standard InChI is InChI=1S/C12H18O5Si/c1-4-18(14-2,15-3)17-10-16-12(13)11-8-6-5-7-9-11/h5-9H,4,10H2,1-3H3. The Labute approximate surface area is 108 Å². The maximum absolute atomic E-state index is 11.6. The molecule has 0 radical (unpaired) electrons. The Bertz CT molecular complexity index is 356. The van der Waals surface area contributed by atoms with E-state index in [2.05, 4.69) is 0 Å². The van der Waals surface area contributed by atoms with Crippen LogP contribution in [0, 0.1) is 0 Å². The van der Waals surface area contributed by atoms with Crippen molar-refractivity contribution in [1.82, 2.24) is 0 Å². The highest BCUT2D eigenvalue weighted by molar-refractivity contribution is 6.60. The van der Waals surface area contributed by atoms with E-state index in [4.69, 9.17) is 18.0 Å². The molecule has 0 unspecified atom stereocenters. The van der Waals surface area contributed by atoms with E-state index < -0.39 is 14.8 Å². The molecule has 0 bridgehead atoms. The van der Waals surface area contributed by atoms with E-state index in [0.717, 1.165) is 0 Å². The SMILES string of the molecule is CC[Si](OC)(OC)OCOC(=O)c1ccccc1. The van der Waals surface area contributed by atoms with Gasteiger partial charge in [0, 0.05) is 20.3 Å². The molecule has 0 aliphatic heterocycles. The van der Waals surface area contributed by atoms with Crippen molar-refractivity contribution in [2.75, 3.05) is 21.0 Å². The predicted molar refractivity (Wildman–Crippen MR) is 68.1 cm³/mol. The molecule has 0 N–H and O–H groups in total. The van der Waals surface area contributed by atoms with Crippen LogP contribution in [0.1, 0.15) is 17.3 Å². The van der Waals surface area contributed by atoms with E-state index in [0.29, 0.717) is 11.6 Å². The van der Waals surface area contributed by atoms with Crippen molar-refractivity contribution in [2.45, 2.75) is 13.0 Å². The van der Waals surface area contributed by atoms with Crippen molar-refractivity contribution >= 4 is 14.8 Å². The van der Waals surface area contributed by atoms with Gasteiger partial charge in [0.2, 0.25) is 0 Å². The summed E-state index contributed by atoms with van der Waals surface area (Å²) >= 11 is 0. The van der Waals surface area contributed by atoms with Gasteiger partial charge in [-0.25, -0.2) is 4.79 Å². The number of rotatable bonds is 7. The Kier molecular flexibility index (Phi) is 6.00. The Morgan fingerprint density at radius 3 is 2.28 bits per heavy atom. The van der Waals surface area contributed by atoms with Crippen LogP contribution in [-0.2, 0) is 18.0 Å². The van der Waals surface area contributed by atoms with Gasteiger partial charge in [0.05, 0.1) is 5.56 Å². The Balaban J connectivity index is 2.44. The van der Waals surface area contributed by atoms with Gasteiger partial charge in [0.15, 0.2) is 6.79 Å². The number of carbonyl (C=O) groups excluding carboxylic acids is 1. The van der Waals surface area contributed by atoms with Gasteiger partial charge >= 0.3 is 14.8 Å². The zero-order valence-electron chi connectivity index (χ0n) is 10.8. The average Bonchev–Trinajstić information content (AvgIpc) is 2.45. The third-order valence-electron chi connectivity index (χ3n) is 2.53. The smallest absolute Gasteiger partial charge is 0.436 e. The van der Waals surface area contributed by atoms with Crippen LogP contribution in [0.4, 0.5) is 0 Å². The zero-order chi connectivity index (χ0) is 13.4. The van der Waals surface area contributed by atoms with Crippen molar-refractivity contribution in [3.8, 4) is 0 Å². The first-order chi connectivity index (χ1) is 8.67. The molecule has 18 heavy (non-hydrogen) atoms. The molecular formula is C12H18O5Si. The summed E-state index contributed by atoms with van der Waals surface area (Å²) < 4.78 is 20.9. The fraction of sp³-hybridized carbons (Fsp3) is 0.417. The lowest BCUT2D eigenvalue weighted by Gasteiger charge is -2.24. The molecule has 0 aliphatic carbocycles. The lowest BCUT2D eigenvalue weighted by molar-refractivity contribution is -0.0159. The van der Waals surface area contributed by atoms with Crippen LogP contribution in [0.2, 0.25) is 6.04 Å². The van der Waals surface area contributed by atoms with Crippen molar-refractivity contribution in [2.24, 2.45) is 0 Å². The van der Waals surface area contributed by atoms with Gasteiger partial charge < -0.3 is 18.0 Å². The summed E-state index contributed by atoms with van der Waals surface area (Å²) in [5.41, 5.74) is 0.486. The summed E-state index contributed by atoms with van der Waals surface area (Å²) in [6, 6.07) is 9.35. The molecule has 0 aliphatic rings. The van der Waals surface area contributed by atoms with Gasteiger partial charge in [-0.3, -0.25) is 0 Å². The van der Waals surface area contributed by atoms with Crippen molar-refractivity contribution in [3.05, 3.63) is 35.9 Å². The molecule has 100 valence electrons. The van der Waals surface area contributed by atoms with Crippen molar-refractivity contribution in [3.63, 3.8) is 0 Å². The minimum atomic E-state index is -2.66. The van der Waals surface area contributed by atoms with Crippen LogP contribution in [0.5, 0.6) is 0 Å². The Morgan fingerprint density at radius 2 is 1.78 bits per heavy atom. The molecule has 1 aromatic carbocycles. The number of hydrogen-bond donors (Lipinski definition) is 0. The maximum Gasteiger partial charge on any atom is 0.502 e. The lowest BCUT2D eigenvalue weighted by Crippen LogP contribution is -2.43. The summed E-state index contributed by atoms with van der Waals surface area (Å²) in [6.07, 6.45) is 0. The molecule has 1 rings (SSSR count). The molecule has 0 atom stereocenters. The lowest BCUT2D eigenvalue weighted by atomic mass is 10.2. The highest BCUT2D eigenvalue weighted by atomic mass is 28.4. The van der Waals surface area contributed by atoms with Gasteiger partial charge in [-0.15, -0.1) is 0 Å². The van der Waals surface area contributed by atoms with E-state index in [-0.39, 0.29) is 6.79 Å². The van der Waals surface area contributed by atoms with E-state index in [1.807, 2.05) is 13.0 Å². The first-order valence-electron chi connectivity index (χ1n) is 5.64. The van der Waals surface area contributed by atoms with Gasteiger partial charge in [-0.1, -0.05) is 25.1 Å². The molecule has 0 saturated carbocycles. The molecule has 0 aromatic heterocycles. The predicted octanol–water partition coefficient (Wildman–Crippen LogP) is 2.07. The molecule has 0 fully saturated rings.